The maximum atomic E-state index is 15.0. The van der Waals surface area contributed by atoms with Gasteiger partial charge in [0, 0.05) is 76.9 Å². The molecule has 3 heterocycles. The van der Waals surface area contributed by atoms with Crippen LogP contribution >= 0.6 is 0 Å². The van der Waals surface area contributed by atoms with Gasteiger partial charge in [-0.2, -0.15) is 0 Å². The fourth-order valence-corrected chi connectivity index (χ4v) is 3.93. The van der Waals surface area contributed by atoms with E-state index in [1.165, 1.54) is 6.07 Å². The van der Waals surface area contributed by atoms with Crippen LogP contribution in [-0.4, -0.2) is 51.2 Å². The molecule has 9 heteroatoms. The SMILES string of the molecule is CC(C)n1c(=O)n(C)c2cnc3cc(F)c(-c4ccc(OCCCN(C)C)nc4)cc3c21.[Ag]. The molecule has 0 aliphatic carbocycles. The first-order valence-corrected chi connectivity index (χ1v) is 10.7. The number of hydrogen-bond acceptors (Lipinski definition) is 5. The van der Waals surface area contributed by atoms with Gasteiger partial charge in [-0.15, -0.1) is 0 Å². The van der Waals surface area contributed by atoms with E-state index in [4.69, 9.17) is 4.74 Å². The van der Waals surface area contributed by atoms with Gasteiger partial charge in [-0.1, -0.05) is 0 Å². The molecule has 0 bridgehead atoms. The summed E-state index contributed by atoms with van der Waals surface area (Å²) in [5.41, 5.74) is 2.91. The summed E-state index contributed by atoms with van der Waals surface area (Å²) in [6.45, 7) is 5.42. The van der Waals surface area contributed by atoms with Crippen LogP contribution in [-0.2, 0) is 29.4 Å². The van der Waals surface area contributed by atoms with E-state index in [0.717, 1.165) is 23.9 Å². The quantitative estimate of drug-likeness (QED) is 0.260. The van der Waals surface area contributed by atoms with Crippen molar-refractivity contribution < 1.29 is 31.5 Å². The Morgan fingerprint density at radius 1 is 1.15 bits per heavy atom. The van der Waals surface area contributed by atoms with E-state index in [1.54, 1.807) is 46.8 Å². The number of imidazole rings is 1. The molecule has 0 saturated heterocycles. The molecule has 3 aromatic heterocycles. The Labute approximate surface area is 207 Å². The van der Waals surface area contributed by atoms with E-state index in [2.05, 4.69) is 14.9 Å². The number of benzene rings is 1. The number of hydrogen-bond donors (Lipinski definition) is 0. The van der Waals surface area contributed by atoms with Gasteiger partial charge >= 0.3 is 5.69 Å². The summed E-state index contributed by atoms with van der Waals surface area (Å²) < 4.78 is 24.0. The van der Waals surface area contributed by atoms with Crippen molar-refractivity contribution in [1.29, 1.82) is 0 Å². The van der Waals surface area contributed by atoms with Crippen molar-refractivity contribution in [2.75, 3.05) is 27.2 Å². The van der Waals surface area contributed by atoms with Crippen LogP contribution in [0.1, 0.15) is 26.3 Å². The minimum Gasteiger partial charge on any atom is -0.478 e. The second-order valence-corrected chi connectivity index (χ2v) is 8.54. The smallest absolute Gasteiger partial charge is 0.329 e. The molecule has 4 aromatic rings. The maximum absolute atomic E-state index is 15.0. The molecular formula is C24H28AgFN5O2. The number of aromatic nitrogens is 4. The molecular weight excluding hydrogens is 517 g/mol. The third kappa shape index (κ3) is 4.89. The summed E-state index contributed by atoms with van der Waals surface area (Å²) in [6, 6.07) is 6.67. The van der Waals surface area contributed by atoms with Gasteiger partial charge in [0.15, 0.2) is 0 Å². The molecule has 1 radical (unpaired) electrons. The van der Waals surface area contributed by atoms with E-state index >= 15 is 0 Å². The van der Waals surface area contributed by atoms with Crippen molar-refractivity contribution in [2.45, 2.75) is 26.3 Å². The standard InChI is InChI=1S/C24H28FN5O2.Ag/c1-15(2)30-23-18-11-17(16-7-8-22(27-13-16)32-10-6-9-28(3)4)19(25)12-20(18)26-14-21(23)29(5)24(30)31;/h7-8,11-15H,6,9-10H2,1-5H3;. The summed E-state index contributed by atoms with van der Waals surface area (Å²) in [7, 11) is 5.76. The number of fused-ring (bicyclic) bond motifs is 3. The van der Waals surface area contributed by atoms with Gasteiger partial charge in [0.2, 0.25) is 5.88 Å². The third-order valence-corrected chi connectivity index (χ3v) is 5.57. The third-order valence-electron chi connectivity index (χ3n) is 5.57. The van der Waals surface area contributed by atoms with Crippen molar-refractivity contribution in [3.8, 4) is 17.0 Å². The van der Waals surface area contributed by atoms with E-state index in [1.807, 2.05) is 27.9 Å². The fraction of sp³-hybridized carbons (Fsp3) is 0.375. The molecule has 0 aliphatic heterocycles. The topological polar surface area (TPSA) is 65.2 Å². The zero-order valence-electron chi connectivity index (χ0n) is 19.4. The van der Waals surface area contributed by atoms with Crippen molar-refractivity contribution in [1.82, 2.24) is 24.0 Å². The maximum Gasteiger partial charge on any atom is 0.329 e. The van der Waals surface area contributed by atoms with E-state index in [9.17, 15) is 9.18 Å². The molecule has 0 saturated carbocycles. The molecule has 0 atom stereocenters. The molecule has 1 aromatic carbocycles. The van der Waals surface area contributed by atoms with Crippen LogP contribution in [0, 0.1) is 5.82 Å². The number of pyridine rings is 2. The van der Waals surface area contributed by atoms with Gasteiger partial charge in [0.05, 0.1) is 29.4 Å². The van der Waals surface area contributed by atoms with E-state index in [0.29, 0.717) is 34.6 Å². The van der Waals surface area contributed by atoms with Crippen molar-refractivity contribution in [2.24, 2.45) is 7.05 Å². The summed E-state index contributed by atoms with van der Waals surface area (Å²) in [5.74, 6) is 0.120. The molecule has 0 unspecified atom stereocenters. The molecule has 33 heavy (non-hydrogen) atoms. The van der Waals surface area contributed by atoms with Crippen LogP contribution < -0.4 is 10.4 Å². The minimum absolute atomic E-state index is 0. The van der Waals surface area contributed by atoms with Crippen LogP contribution in [0.3, 0.4) is 0 Å². The number of nitrogens with zero attached hydrogens (tertiary/aromatic N) is 5. The van der Waals surface area contributed by atoms with Crippen molar-refractivity contribution >= 4 is 21.9 Å². The van der Waals surface area contributed by atoms with Gasteiger partial charge in [-0.25, -0.2) is 14.2 Å². The number of halogens is 1. The fourth-order valence-electron chi connectivity index (χ4n) is 3.93. The van der Waals surface area contributed by atoms with Gasteiger partial charge in [0.25, 0.3) is 0 Å². The Kier molecular flexibility index (Phi) is 7.74. The Morgan fingerprint density at radius 2 is 1.91 bits per heavy atom. The second kappa shape index (κ2) is 10.2. The van der Waals surface area contributed by atoms with Crippen molar-refractivity contribution in [3.63, 3.8) is 0 Å². The predicted octanol–water partition coefficient (Wildman–Crippen LogP) is 4.00. The number of ether oxygens (including phenoxy) is 1. The largest absolute Gasteiger partial charge is 0.478 e. The molecule has 0 aliphatic rings. The van der Waals surface area contributed by atoms with E-state index < -0.39 is 0 Å². The van der Waals surface area contributed by atoms with Gasteiger partial charge < -0.3 is 9.64 Å². The molecule has 7 nitrogen and oxygen atoms in total. The predicted molar refractivity (Wildman–Crippen MR) is 125 cm³/mol. The molecule has 0 spiro atoms. The molecule has 0 fully saturated rings. The molecule has 4 rings (SSSR count). The zero-order valence-corrected chi connectivity index (χ0v) is 20.9. The molecule has 0 N–H and O–H groups in total. The first-order chi connectivity index (χ1) is 15.3. The Hall–Kier alpha value is -2.52. The first kappa shape index (κ1) is 25.1. The number of aryl methyl sites for hydroxylation is 1. The monoisotopic (exact) mass is 544 g/mol. The van der Waals surface area contributed by atoms with Gasteiger partial charge in [0.1, 0.15) is 5.82 Å². The van der Waals surface area contributed by atoms with Crippen molar-refractivity contribution in [3.05, 3.63) is 53.0 Å². The summed E-state index contributed by atoms with van der Waals surface area (Å²) in [4.78, 5) is 23.6. The van der Waals surface area contributed by atoms with Gasteiger partial charge in [-0.05, 0) is 46.5 Å². The Bertz CT molecular complexity index is 1330. The minimum atomic E-state index is -0.389. The Morgan fingerprint density at radius 3 is 2.55 bits per heavy atom. The van der Waals surface area contributed by atoms with Crippen LogP contribution in [0.25, 0.3) is 33.1 Å². The Balaban J connectivity index is 0.00000306. The first-order valence-electron chi connectivity index (χ1n) is 10.7. The van der Waals surface area contributed by atoms with Crippen LogP contribution in [0.2, 0.25) is 0 Å². The van der Waals surface area contributed by atoms with Gasteiger partial charge in [-0.3, -0.25) is 14.1 Å². The van der Waals surface area contributed by atoms with Crippen LogP contribution in [0.5, 0.6) is 5.88 Å². The van der Waals surface area contributed by atoms with Crippen LogP contribution in [0.4, 0.5) is 4.39 Å². The average molecular weight is 545 g/mol. The number of rotatable bonds is 7. The zero-order chi connectivity index (χ0) is 23.0. The van der Waals surface area contributed by atoms with E-state index in [-0.39, 0.29) is 39.9 Å². The normalized spacial score (nSPS) is 11.5. The van der Waals surface area contributed by atoms with Crippen LogP contribution in [0.15, 0.2) is 41.5 Å². The summed E-state index contributed by atoms with van der Waals surface area (Å²) in [6.07, 6.45) is 4.13. The summed E-state index contributed by atoms with van der Waals surface area (Å²) >= 11 is 0. The second-order valence-electron chi connectivity index (χ2n) is 8.54. The summed E-state index contributed by atoms with van der Waals surface area (Å²) in [5, 5.41) is 0.731. The molecule has 179 valence electrons. The molecule has 0 amide bonds. The average Bonchev–Trinajstić information content (AvgIpc) is 3.02.